The van der Waals surface area contributed by atoms with E-state index in [0.717, 1.165) is 48.3 Å². The smallest absolute Gasteiger partial charge is 0.233 e. The number of aromatic nitrogens is 3. The van der Waals surface area contributed by atoms with Crippen molar-refractivity contribution in [1.82, 2.24) is 15.2 Å². The second kappa shape index (κ2) is 7.03. The zero-order valence-corrected chi connectivity index (χ0v) is 14.6. The summed E-state index contributed by atoms with van der Waals surface area (Å²) in [6, 6.07) is 11.6. The number of H-pyrrole nitrogens is 1. The molecule has 1 aliphatic heterocycles. The number of benzene rings is 1. The van der Waals surface area contributed by atoms with Crippen molar-refractivity contribution in [2.75, 3.05) is 30.4 Å². The topological polar surface area (TPSA) is 83.1 Å². The molecule has 0 unspecified atom stereocenters. The fourth-order valence-corrected chi connectivity index (χ4v) is 3.34. The Balaban J connectivity index is 1.35. The molecule has 0 radical (unpaired) electrons. The van der Waals surface area contributed by atoms with Gasteiger partial charge in [0.2, 0.25) is 11.8 Å². The highest BCUT2D eigenvalue weighted by molar-refractivity contribution is 5.95. The number of amides is 1. The van der Waals surface area contributed by atoms with Crippen molar-refractivity contribution < 1.29 is 9.53 Å². The van der Waals surface area contributed by atoms with E-state index in [9.17, 15) is 4.79 Å². The van der Waals surface area contributed by atoms with Crippen LogP contribution in [-0.2, 0) is 4.79 Å². The Hall–Kier alpha value is -3.09. The Kier molecular flexibility index (Phi) is 4.43. The molecule has 1 aromatic carbocycles. The Morgan fingerprint density at radius 1 is 1.19 bits per heavy atom. The van der Waals surface area contributed by atoms with Gasteiger partial charge in [-0.05, 0) is 43.2 Å². The number of nitrogens with one attached hydrogen (secondary N) is 2. The van der Waals surface area contributed by atoms with E-state index in [2.05, 4.69) is 25.4 Å². The van der Waals surface area contributed by atoms with Gasteiger partial charge in [0, 0.05) is 47.9 Å². The summed E-state index contributed by atoms with van der Waals surface area (Å²) in [5, 5.41) is 12.3. The van der Waals surface area contributed by atoms with E-state index in [1.807, 2.05) is 36.5 Å². The van der Waals surface area contributed by atoms with Gasteiger partial charge in [0.25, 0.3) is 0 Å². The molecule has 2 aromatic heterocycles. The first-order valence-corrected chi connectivity index (χ1v) is 8.73. The van der Waals surface area contributed by atoms with E-state index < -0.39 is 0 Å². The number of hydrogen-bond donors (Lipinski definition) is 2. The lowest BCUT2D eigenvalue weighted by Crippen LogP contribution is -2.38. The summed E-state index contributed by atoms with van der Waals surface area (Å²) in [6.45, 7) is 1.58. The van der Waals surface area contributed by atoms with E-state index in [4.69, 9.17) is 4.74 Å². The van der Waals surface area contributed by atoms with Gasteiger partial charge < -0.3 is 19.9 Å². The fraction of sp³-hybridized carbons (Fsp3) is 0.316. The number of hydrogen-bond acceptors (Lipinski definition) is 5. The Morgan fingerprint density at radius 2 is 2.04 bits per heavy atom. The largest absolute Gasteiger partial charge is 0.480 e. The molecule has 3 aromatic rings. The third kappa shape index (κ3) is 3.33. The van der Waals surface area contributed by atoms with Gasteiger partial charge in [-0.1, -0.05) is 0 Å². The summed E-state index contributed by atoms with van der Waals surface area (Å²) in [4.78, 5) is 17.9. The second-order valence-electron chi connectivity index (χ2n) is 6.46. The first-order valence-electron chi connectivity index (χ1n) is 8.73. The van der Waals surface area contributed by atoms with Crippen molar-refractivity contribution in [3.8, 4) is 5.88 Å². The Labute approximate surface area is 151 Å². The molecule has 0 saturated carbocycles. The maximum Gasteiger partial charge on any atom is 0.233 e. The molecule has 1 aliphatic rings. The molecule has 4 rings (SSSR count). The summed E-state index contributed by atoms with van der Waals surface area (Å²) < 4.78 is 5.04. The van der Waals surface area contributed by atoms with Gasteiger partial charge in [0.1, 0.15) is 0 Å². The van der Waals surface area contributed by atoms with Gasteiger partial charge in [-0.3, -0.25) is 4.79 Å². The molecular formula is C19H21N5O2. The summed E-state index contributed by atoms with van der Waals surface area (Å²) in [5.74, 6) is 1.42. The molecule has 26 heavy (non-hydrogen) atoms. The molecule has 1 amide bonds. The molecule has 3 heterocycles. The van der Waals surface area contributed by atoms with E-state index in [-0.39, 0.29) is 11.8 Å². The molecule has 0 atom stereocenters. The normalized spacial score (nSPS) is 15.2. The van der Waals surface area contributed by atoms with Gasteiger partial charge >= 0.3 is 0 Å². The number of nitrogens with zero attached hydrogens (tertiary/aromatic N) is 3. The minimum absolute atomic E-state index is 0.0133. The highest BCUT2D eigenvalue weighted by Crippen LogP contribution is 2.24. The summed E-state index contributed by atoms with van der Waals surface area (Å²) >= 11 is 0. The van der Waals surface area contributed by atoms with Crippen LogP contribution < -0.4 is 15.0 Å². The van der Waals surface area contributed by atoms with Gasteiger partial charge in [-0.15, -0.1) is 10.2 Å². The van der Waals surface area contributed by atoms with E-state index in [1.165, 1.54) is 0 Å². The molecule has 134 valence electrons. The molecule has 1 saturated heterocycles. The SMILES string of the molecule is COc1ccc(N2CCC(C(=O)Nc3ccc4[nH]ccc4c3)CC2)nn1. The fourth-order valence-electron chi connectivity index (χ4n) is 3.34. The molecule has 0 aliphatic carbocycles. The lowest BCUT2D eigenvalue weighted by molar-refractivity contribution is -0.120. The van der Waals surface area contributed by atoms with Crippen LogP contribution in [0, 0.1) is 5.92 Å². The highest BCUT2D eigenvalue weighted by Gasteiger charge is 2.26. The third-order valence-corrected chi connectivity index (χ3v) is 4.85. The van der Waals surface area contributed by atoms with Crippen LogP contribution in [0.4, 0.5) is 11.5 Å². The number of methoxy groups -OCH3 is 1. The first kappa shape index (κ1) is 16.4. The van der Waals surface area contributed by atoms with Crippen molar-refractivity contribution >= 4 is 28.3 Å². The maximum absolute atomic E-state index is 12.6. The predicted molar refractivity (Wildman–Crippen MR) is 100 cm³/mol. The van der Waals surface area contributed by atoms with E-state index in [1.54, 1.807) is 13.2 Å². The average Bonchev–Trinajstić information content (AvgIpc) is 3.16. The van der Waals surface area contributed by atoms with Crippen molar-refractivity contribution in [2.24, 2.45) is 5.92 Å². The molecule has 2 N–H and O–H groups in total. The minimum Gasteiger partial charge on any atom is -0.480 e. The number of carbonyl (C=O) groups excluding carboxylic acids is 1. The minimum atomic E-state index is 0.0133. The van der Waals surface area contributed by atoms with E-state index >= 15 is 0 Å². The average molecular weight is 351 g/mol. The van der Waals surface area contributed by atoms with Gasteiger partial charge in [0.05, 0.1) is 7.11 Å². The van der Waals surface area contributed by atoms with Gasteiger partial charge in [-0.25, -0.2) is 0 Å². The van der Waals surface area contributed by atoms with Crippen molar-refractivity contribution in [1.29, 1.82) is 0 Å². The van der Waals surface area contributed by atoms with E-state index in [0.29, 0.717) is 5.88 Å². The van der Waals surface area contributed by atoms with Crippen LogP contribution >= 0.6 is 0 Å². The van der Waals surface area contributed by atoms with Crippen LogP contribution in [0.15, 0.2) is 42.6 Å². The van der Waals surface area contributed by atoms with Crippen LogP contribution in [0.5, 0.6) is 5.88 Å². The first-order chi connectivity index (χ1) is 12.7. The number of ether oxygens (including phenoxy) is 1. The van der Waals surface area contributed by atoms with Crippen LogP contribution in [0.3, 0.4) is 0 Å². The number of anilines is 2. The Morgan fingerprint density at radius 3 is 2.77 bits per heavy atom. The number of piperidine rings is 1. The summed E-state index contributed by atoms with van der Waals surface area (Å²) in [5.41, 5.74) is 1.91. The van der Waals surface area contributed by atoms with Crippen molar-refractivity contribution in [2.45, 2.75) is 12.8 Å². The number of carbonyl (C=O) groups is 1. The summed E-state index contributed by atoms with van der Waals surface area (Å²) in [7, 11) is 1.57. The van der Waals surface area contributed by atoms with Crippen molar-refractivity contribution in [3.63, 3.8) is 0 Å². The molecule has 7 heteroatoms. The van der Waals surface area contributed by atoms with Crippen LogP contribution in [0.25, 0.3) is 10.9 Å². The Bertz CT molecular complexity index is 898. The van der Waals surface area contributed by atoms with Gasteiger partial charge in [-0.2, -0.15) is 0 Å². The van der Waals surface area contributed by atoms with Crippen LogP contribution in [0.2, 0.25) is 0 Å². The number of rotatable bonds is 4. The molecular weight excluding hydrogens is 330 g/mol. The second-order valence-corrected chi connectivity index (χ2v) is 6.46. The highest BCUT2D eigenvalue weighted by atomic mass is 16.5. The zero-order chi connectivity index (χ0) is 17.9. The molecule has 0 spiro atoms. The van der Waals surface area contributed by atoms with Crippen molar-refractivity contribution in [3.05, 3.63) is 42.6 Å². The van der Waals surface area contributed by atoms with Crippen LogP contribution in [-0.4, -0.2) is 41.3 Å². The standard InChI is InChI=1S/C19H21N5O2/c1-26-18-5-4-17(22-23-18)24-10-7-13(8-11-24)19(25)21-15-2-3-16-14(12-15)6-9-20-16/h2-6,9,12-13,20H,7-8,10-11H2,1H3,(H,21,25). The maximum atomic E-state index is 12.6. The zero-order valence-electron chi connectivity index (χ0n) is 14.6. The molecule has 7 nitrogen and oxygen atoms in total. The summed E-state index contributed by atoms with van der Waals surface area (Å²) in [6.07, 6.45) is 3.49. The quantitative estimate of drug-likeness (QED) is 0.755. The number of aromatic amines is 1. The molecule has 1 fully saturated rings. The number of fused-ring (bicyclic) bond motifs is 1. The van der Waals surface area contributed by atoms with Crippen LogP contribution in [0.1, 0.15) is 12.8 Å². The molecule has 0 bridgehead atoms. The monoisotopic (exact) mass is 351 g/mol. The predicted octanol–water partition coefficient (Wildman–Crippen LogP) is 2.82. The lowest BCUT2D eigenvalue weighted by atomic mass is 9.95. The van der Waals surface area contributed by atoms with Gasteiger partial charge in [0.15, 0.2) is 5.82 Å². The lowest BCUT2D eigenvalue weighted by Gasteiger charge is -2.31. The third-order valence-electron chi connectivity index (χ3n) is 4.85.